The minimum Gasteiger partial charge on any atom is -0.510 e. The maximum Gasteiger partial charge on any atom is 0.255 e. The molecule has 2 heterocycles. The van der Waals surface area contributed by atoms with Crippen LogP contribution < -0.4 is 26.8 Å². The Bertz CT molecular complexity index is 1320. The van der Waals surface area contributed by atoms with Crippen molar-refractivity contribution in [2.24, 2.45) is 35.1 Å². The molecule has 12 nitrogen and oxygen atoms in total. The highest BCUT2D eigenvalue weighted by molar-refractivity contribution is 6.28. The number of rotatable bonds is 2. The summed E-state index contributed by atoms with van der Waals surface area (Å²) >= 11 is 0. The molecule has 0 spiro atoms. The lowest BCUT2D eigenvalue weighted by Crippen LogP contribution is -2.54. The lowest BCUT2D eigenvalue weighted by molar-refractivity contribution is -0.135. The van der Waals surface area contributed by atoms with Gasteiger partial charge in [-0.2, -0.15) is 0 Å². The average molecular weight is 529 g/mol. The number of fused-ring (bicyclic) bond motifs is 6. The predicted molar refractivity (Wildman–Crippen MR) is 135 cm³/mol. The molecule has 0 bridgehead atoms. The number of phenolic OH excluding ortho intramolecular Hbond substituents is 1. The highest BCUT2D eigenvalue weighted by Crippen LogP contribution is 2.56. The SMILES string of the molecule is CO.COc1c2c(c(O)c3c1C1NCCC1CN3)C(O)=C1C(=O)C3C(=O)C(C(N)=O)=C(O)[C@@H](N)[C@@H]3C[C@@H]1C2. The summed E-state index contributed by atoms with van der Waals surface area (Å²) in [5.74, 6) is -5.70. The number of allylic oxidation sites excluding steroid dienone is 1. The van der Waals surface area contributed by atoms with Gasteiger partial charge in [0.15, 0.2) is 17.3 Å². The van der Waals surface area contributed by atoms with Crippen LogP contribution in [0.4, 0.5) is 5.69 Å². The van der Waals surface area contributed by atoms with Gasteiger partial charge < -0.3 is 47.3 Å². The molecular formula is C26H32N4O8. The summed E-state index contributed by atoms with van der Waals surface area (Å²) in [6, 6.07) is -1.15. The number of methoxy groups -OCH3 is 1. The molecule has 2 aliphatic heterocycles. The van der Waals surface area contributed by atoms with E-state index in [1.165, 1.54) is 7.11 Å². The van der Waals surface area contributed by atoms with Gasteiger partial charge in [0.05, 0.1) is 30.3 Å². The van der Waals surface area contributed by atoms with E-state index in [1.54, 1.807) is 0 Å². The van der Waals surface area contributed by atoms with Gasteiger partial charge in [-0.25, -0.2) is 0 Å². The van der Waals surface area contributed by atoms with Crippen LogP contribution in [0.25, 0.3) is 5.76 Å². The van der Waals surface area contributed by atoms with Crippen LogP contribution in [0.3, 0.4) is 0 Å². The number of primary amides is 1. The lowest BCUT2D eigenvalue weighted by Gasteiger charge is -2.44. The molecule has 3 unspecified atom stereocenters. The number of aliphatic hydroxyl groups is 3. The molecule has 5 aliphatic rings. The molecule has 1 saturated heterocycles. The molecule has 0 radical (unpaired) electrons. The van der Waals surface area contributed by atoms with Gasteiger partial charge in [-0.15, -0.1) is 0 Å². The van der Waals surface area contributed by atoms with E-state index in [0.29, 0.717) is 29.5 Å². The topological polar surface area (TPSA) is 217 Å². The van der Waals surface area contributed by atoms with Crippen molar-refractivity contribution in [2.75, 3.05) is 32.6 Å². The molecule has 3 aliphatic carbocycles. The van der Waals surface area contributed by atoms with Gasteiger partial charge >= 0.3 is 0 Å². The van der Waals surface area contributed by atoms with Crippen molar-refractivity contribution in [1.29, 1.82) is 0 Å². The molecule has 6 atom stereocenters. The molecule has 12 heteroatoms. The first-order valence-corrected chi connectivity index (χ1v) is 12.5. The van der Waals surface area contributed by atoms with Crippen LogP contribution in [0.1, 0.15) is 35.6 Å². The molecule has 10 N–H and O–H groups in total. The van der Waals surface area contributed by atoms with E-state index in [-0.39, 0.29) is 35.8 Å². The Morgan fingerprint density at radius 1 is 1.13 bits per heavy atom. The van der Waals surface area contributed by atoms with Crippen LogP contribution in [0, 0.1) is 23.7 Å². The number of ketones is 2. The summed E-state index contributed by atoms with van der Waals surface area (Å²) in [6.07, 6.45) is 1.45. The number of hydrogen-bond donors (Lipinski definition) is 8. The van der Waals surface area contributed by atoms with E-state index in [1.807, 2.05) is 0 Å². The summed E-state index contributed by atoms with van der Waals surface area (Å²) < 4.78 is 5.84. The molecule has 38 heavy (non-hydrogen) atoms. The molecular weight excluding hydrogens is 496 g/mol. The standard InChI is InChI=1S/C25H28N4O7.CH4O/c1-36-24-10-5-8-4-9-12(21(32)15(25(27)35)22(33)16(9)26)19(30)11(8)20(31)13(10)23(34)18-14(24)17-7(6-29-18)2-3-28-17;1-2/h7-9,12,16-17,28-29,31,33-34H,2-6,26H2,1H3,(H2,27,35);2H,1H3/t7?,8-,9-,12?,16+,17?;/m1./s1. The second kappa shape index (κ2) is 9.29. The lowest BCUT2D eigenvalue weighted by atomic mass is 9.59. The normalized spacial score (nSPS) is 31.2. The number of ether oxygens (including phenoxy) is 1. The van der Waals surface area contributed by atoms with Gasteiger partial charge in [-0.3, -0.25) is 14.4 Å². The number of carbonyl (C=O) groups is 3. The van der Waals surface area contributed by atoms with Gasteiger partial charge in [0.2, 0.25) is 0 Å². The number of benzene rings is 1. The number of aliphatic hydroxyl groups excluding tert-OH is 3. The molecule has 6 rings (SSSR count). The number of hydrogen-bond acceptors (Lipinski definition) is 11. The maximum atomic E-state index is 13.7. The predicted octanol–water partition coefficient (Wildman–Crippen LogP) is -0.0606. The zero-order chi connectivity index (χ0) is 27.6. The van der Waals surface area contributed by atoms with Gasteiger partial charge in [-0.05, 0) is 43.6 Å². The van der Waals surface area contributed by atoms with E-state index in [9.17, 15) is 29.7 Å². The van der Waals surface area contributed by atoms with Gasteiger partial charge in [0, 0.05) is 36.4 Å². The van der Waals surface area contributed by atoms with Crippen molar-refractivity contribution in [3.63, 3.8) is 0 Å². The Labute approximate surface area is 218 Å². The number of aromatic hydroxyl groups is 1. The molecule has 1 saturated carbocycles. The van der Waals surface area contributed by atoms with Crippen LogP contribution in [0.15, 0.2) is 16.9 Å². The molecule has 204 valence electrons. The molecule has 0 aromatic heterocycles. The van der Waals surface area contributed by atoms with Crippen LogP contribution >= 0.6 is 0 Å². The van der Waals surface area contributed by atoms with Crippen molar-refractivity contribution in [3.05, 3.63) is 33.6 Å². The quantitative estimate of drug-likeness (QED) is 0.144. The molecule has 1 aromatic carbocycles. The minimum absolute atomic E-state index is 0.0134. The second-order valence-corrected chi connectivity index (χ2v) is 10.3. The Kier molecular flexibility index (Phi) is 6.36. The first-order valence-electron chi connectivity index (χ1n) is 12.5. The van der Waals surface area contributed by atoms with Gasteiger partial charge in [0.25, 0.3) is 5.91 Å². The highest BCUT2D eigenvalue weighted by atomic mass is 16.5. The Morgan fingerprint density at radius 2 is 1.84 bits per heavy atom. The van der Waals surface area contributed by atoms with Crippen LogP contribution in [-0.4, -0.2) is 71.3 Å². The number of Topliss-reactive ketones (excluding diaryl/α,β-unsaturated/α-hetero) is 2. The van der Waals surface area contributed by atoms with E-state index in [0.717, 1.165) is 25.6 Å². The first kappa shape index (κ1) is 26.0. The van der Waals surface area contributed by atoms with E-state index < -0.39 is 58.4 Å². The largest absolute Gasteiger partial charge is 0.510 e. The zero-order valence-corrected chi connectivity index (χ0v) is 21.1. The number of carbonyl (C=O) groups excluding carboxylic acids is 3. The van der Waals surface area contributed by atoms with Crippen molar-refractivity contribution in [3.8, 4) is 11.5 Å². The minimum atomic E-state index is -1.35. The fourth-order valence-corrected chi connectivity index (χ4v) is 7.08. The number of phenols is 1. The molecule has 1 aromatic rings. The third-order valence-electron chi connectivity index (χ3n) is 8.66. The Morgan fingerprint density at radius 3 is 2.50 bits per heavy atom. The van der Waals surface area contributed by atoms with Crippen LogP contribution in [0.5, 0.6) is 11.5 Å². The van der Waals surface area contributed by atoms with Crippen molar-refractivity contribution < 1.29 is 39.5 Å². The summed E-state index contributed by atoms with van der Waals surface area (Å²) in [4.78, 5) is 38.6. The number of nitrogens with one attached hydrogen (secondary N) is 2. The summed E-state index contributed by atoms with van der Waals surface area (Å²) in [5.41, 5.74) is 12.8. The summed E-state index contributed by atoms with van der Waals surface area (Å²) in [6.45, 7) is 1.48. The van der Waals surface area contributed by atoms with Crippen LogP contribution in [0.2, 0.25) is 0 Å². The summed E-state index contributed by atoms with van der Waals surface area (Å²) in [7, 11) is 2.54. The monoisotopic (exact) mass is 528 g/mol. The zero-order valence-electron chi connectivity index (χ0n) is 21.1. The van der Waals surface area contributed by atoms with Crippen LogP contribution in [-0.2, 0) is 20.8 Å². The Balaban J connectivity index is 0.00000144. The third-order valence-corrected chi connectivity index (χ3v) is 8.66. The van der Waals surface area contributed by atoms with E-state index >= 15 is 0 Å². The summed E-state index contributed by atoms with van der Waals surface area (Å²) in [5, 5.41) is 46.9. The maximum absolute atomic E-state index is 13.7. The number of amides is 1. The van der Waals surface area contributed by atoms with Crippen molar-refractivity contribution in [2.45, 2.75) is 31.3 Å². The Hall–Kier alpha value is -3.61. The first-order chi connectivity index (χ1) is 18.2. The molecule has 2 fully saturated rings. The number of nitrogens with two attached hydrogens (primary N) is 2. The molecule has 1 amide bonds. The van der Waals surface area contributed by atoms with Gasteiger partial charge in [0.1, 0.15) is 22.8 Å². The smallest absolute Gasteiger partial charge is 0.255 e. The van der Waals surface area contributed by atoms with Crippen molar-refractivity contribution >= 4 is 28.9 Å². The fourth-order valence-electron chi connectivity index (χ4n) is 7.08. The average Bonchev–Trinajstić information content (AvgIpc) is 3.37. The highest BCUT2D eigenvalue weighted by Gasteiger charge is 2.55. The van der Waals surface area contributed by atoms with E-state index in [4.69, 9.17) is 21.3 Å². The fraction of sp³-hybridized carbons (Fsp3) is 0.500. The third kappa shape index (κ3) is 3.36. The van der Waals surface area contributed by atoms with Gasteiger partial charge in [-0.1, -0.05) is 0 Å². The van der Waals surface area contributed by atoms with Crippen molar-refractivity contribution in [1.82, 2.24) is 5.32 Å². The second-order valence-electron chi connectivity index (χ2n) is 10.3. The van der Waals surface area contributed by atoms with E-state index in [2.05, 4.69) is 10.6 Å². The number of anilines is 1.